The van der Waals surface area contributed by atoms with E-state index in [-0.39, 0.29) is 35.1 Å². The highest BCUT2D eigenvalue weighted by molar-refractivity contribution is 6.06. The van der Waals surface area contributed by atoms with Crippen LogP contribution in [0, 0.1) is 0 Å². The van der Waals surface area contributed by atoms with Crippen molar-refractivity contribution in [2.75, 3.05) is 26.1 Å². The average molecular weight is 778 g/mol. The summed E-state index contributed by atoms with van der Waals surface area (Å²) in [6.45, 7) is -0.141. The molecule has 0 aliphatic carbocycles. The Hall–Kier alpha value is -6.93. The normalized spacial score (nSPS) is 18.0. The van der Waals surface area contributed by atoms with Crippen molar-refractivity contribution < 1.29 is 38.4 Å². The van der Waals surface area contributed by atoms with E-state index < -0.39 is 36.1 Å². The predicted molar refractivity (Wildman–Crippen MR) is 214 cm³/mol. The smallest absolute Gasteiger partial charge is 0.338 e. The van der Waals surface area contributed by atoms with Gasteiger partial charge in [0.15, 0.2) is 29.3 Å². The highest BCUT2D eigenvalue weighted by Crippen LogP contribution is 2.45. The van der Waals surface area contributed by atoms with Crippen molar-refractivity contribution in [3.8, 4) is 11.5 Å². The Morgan fingerprint density at radius 1 is 0.724 bits per heavy atom. The van der Waals surface area contributed by atoms with Crippen LogP contribution < -0.4 is 14.8 Å². The number of carbonyl (C=O) groups is 2. The molecule has 58 heavy (non-hydrogen) atoms. The summed E-state index contributed by atoms with van der Waals surface area (Å²) in [5.41, 5.74) is 2.15. The molecule has 1 amide bonds. The van der Waals surface area contributed by atoms with Crippen molar-refractivity contribution >= 4 is 28.9 Å². The van der Waals surface area contributed by atoms with Crippen molar-refractivity contribution in [3.63, 3.8) is 0 Å². The van der Waals surface area contributed by atoms with E-state index in [4.69, 9.17) is 23.7 Å². The Balaban J connectivity index is 1.20. The summed E-state index contributed by atoms with van der Waals surface area (Å²) in [7, 11) is 3.19. The van der Waals surface area contributed by atoms with Gasteiger partial charge in [0.1, 0.15) is 35.6 Å². The van der Waals surface area contributed by atoms with Gasteiger partial charge in [0.05, 0.1) is 32.7 Å². The third-order valence-corrected chi connectivity index (χ3v) is 10.1. The van der Waals surface area contributed by atoms with Gasteiger partial charge in [-0.15, -0.1) is 0 Å². The molecule has 1 aliphatic rings. The molecule has 7 aromatic rings. The quantitative estimate of drug-likeness (QED) is 0.102. The van der Waals surface area contributed by atoms with Crippen molar-refractivity contribution in [1.82, 2.24) is 19.5 Å². The van der Waals surface area contributed by atoms with Gasteiger partial charge in [-0.1, -0.05) is 91.0 Å². The number of ether oxygens (including phenoxy) is 5. The molecular weight excluding hydrogens is 739 g/mol. The Morgan fingerprint density at radius 2 is 1.28 bits per heavy atom. The molecule has 0 unspecified atom stereocenters. The lowest BCUT2D eigenvalue weighted by atomic mass is 9.79. The fourth-order valence-corrected chi connectivity index (χ4v) is 7.18. The standard InChI is InChI=1S/C45H39N5O8/c1-54-34-22-18-32(19-23-34)45(31-16-10-5-11-17-31,33-20-24-35(55-2)25-21-33)58-36-26-56-43(38(51)39(36)57-44(53)30-14-8-4-9-15-30)50-28-48-37-40(46-27-47-41(37)50)49-42(52)29-12-6-3-7-13-29/h3-25,27-28,36,38-39,43,51H,26H2,1-2H3,(H,46,47,49,52)/t36-,38+,39+,43+/m0/s1. The molecule has 13 nitrogen and oxygen atoms in total. The summed E-state index contributed by atoms with van der Waals surface area (Å²) in [6.07, 6.45) is -2.28. The van der Waals surface area contributed by atoms with Crippen LogP contribution >= 0.6 is 0 Å². The highest BCUT2D eigenvalue weighted by Gasteiger charge is 2.49. The van der Waals surface area contributed by atoms with E-state index in [9.17, 15) is 14.7 Å². The van der Waals surface area contributed by atoms with Crippen LogP contribution in [0.15, 0.2) is 152 Å². The second-order valence-corrected chi connectivity index (χ2v) is 13.5. The number of aliphatic hydroxyl groups excluding tert-OH is 1. The van der Waals surface area contributed by atoms with Gasteiger partial charge in [0.25, 0.3) is 5.91 Å². The molecule has 3 heterocycles. The van der Waals surface area contributed by atoms with Gasteiger partial charge in [-0.25, -0.2) is 19.7 Å². The van der Waals surface area contributed by atoms with E-state index >= 15 is 0 Å². The SMILES string of the molecule is COc1ccc(C(O[C@H]2CO[C@@H](n3cnc4c(NC(=O)c5ccccc5)ncnc43)[C@H](O)[C@@H]2OC(=O)c2ccccc2)(c2ccccc2)c2ccc(OC)cc2)cc1. The first-order valence-electron chi connectivity index (χ1n) is 18.5. The molecule has 1 saturated heterocycles. The zero-order valence-electron chi connectivity index (χ0n) is 31.5. The van der Waals surface area contributed by atoms with Crippen LogP contribution in [0.3, 0.4) is 0 Å². The number of methoxy groups -OCH3 is 2. The fraction of sp³-hybridized carbons (Fsp3) is 0.178. The minimum atomic E-state index is -1.51. The Bertz CT molecular complexity index is 2440. The monoisotopic (exact) mass is 777 g/mol. The molecule has 5 aromatic carbocycles. The number of imidazole rings is 1. The third-order valence-electron chi connectivity index (χ3n) is 10.1. The molecule has 13 heteroatoms. The number of nitrogens with zero attached hydrogens (tertiary/aromatic N) is 4. The lowest BCUT2D eigenvalue weighted by Gasteiger charge is -2.45. The van der Waals surface area contributed by atoms with Crippen LogP contribution in [0.1, 0.15) is 43.6 Å². The van der Waals surface area contributed by atoms with Gasteiger partial charge in [-0.3, -0.25) is 9.36 Å². The first-order chi connectivity index (χ1) is 28.4. The Kier molecular flexibility index (Phi) is 10.9. The van der Waals surface area contributed by atoms with Crippen molar-refractivity contribution in [3.05, 3.63) is 180 Å². The molecule has 0 spiro atoms. The summed E-state index contributed by atoms with van der Waals surface area (Å²) in [6, 6.07) is 41.9. The Labute approximate surface area is 333 Å². The summed E-state index contributed by atoms with van der Waals surface area (Å²) < 4.78 is 32.6. The summed E-state index contributed by atoms with van der Waals surface area (Å²) >= 11 is 0. The number of benzene rings is 5. The van der Waals surface area contributed by atoms with Crippen LogP contribution in [-0.2, 0) is 19.8 Å². The van der Waals surface area contributed by atoms with E-state index in [1.165, 1.54) is 17.2 Å². The van der Waals surface area contributed by atoms with Crippen LogP contribution in [0.25, 0.3) is 11.2 Å². The van der Waals surface area contributed by atoms with E-state index in [2.05, 4.69) is 20.3 Å². The molecule has 0 radical (unpaired) electrons. The van der Waals surface area contributed by atoms with E-state index in [0.717, 1.165) is 16.7 Å². The maximum atomic E-state index is 13.9. The minimum Gasteiger partial charge on any atom is -0.497 e. The number of aromatic nitrogens is 4. The molecule has 1 fully saturated rings. The molecule has 0 saturated carbocycles. The van der Waals surface area contributed by atoms with Crippen molar-refractivity contribution in [2.24, 2.45) is 0 Å². The molecule has 0 bridgehead atoms. The van der Waals surface area contributed by atoms with Gasteiger partial charge in [0, 0.05) is 5.56 Å². The second-order valence-electron chi connectivity index (χ2n) is 13.5. The van der Waals surface area contributed by atoms with Crippen molar-refractivity contribution in [2.45, 2.75) is 30.1 Å². The van der Waals surface area contributed by atoms with Gasteiger partial charge >= 0.3 is 5.97 Å². The highest BCUT2D eigenvalue weighted by atomic mass is 16.6. The van der Waals surface area contributed by atoms with Gasteiger partial charge in [0.2, 0.25) is 0 Å². The summed E-state index contributed by atoms with van der Waals surface area (Å²) in [4.78, 5) is 40.1. The van der Waals surface area contributed by atoms with E-state index in [1.807, 2.05) is 84.9 Å². The largest absolute Gasteiger partial charge is 0.497 e. The number of carbonyl (C=O) groups excluding carboxylic acids is 2. The minimum absolute atomic E-state index is 0.141. The third kappa shape index (κ3) is 7.37. The molecule has 1 aliphatic heterocycles. The number of aliphatic hydroxyl groups is 1. The van der Waals surface area contributed by atoms with Gasteiger partial charge in [-0.05, 0) is 65.2 Å². The topological polar surface area (TPSA) is 156 Å². The van der Waals surface area contributed by atoms with Gasteiger partial charge < -0.3 is 34.1 Å². The molecule has 4 atom stereocenters. The number of anilines is 1. The molecule has 2 N–H and O–H groups in total. The lowest BCUT2D eigenvalue weighted by Crippen LogP contribution is -2.56. The van der Waals surface area contributed by atoms with Crippen molar-refractivity contribution in [1.29, 1.82) is 0 Å². The molecular formula is C45H39N5O8. The molecule has 2 aromatic heterocycles. The van der Waals surface area contributed by atoms with E-state index in [0.29, 0.717) is 17.1 Å². The molecule has 292 valence electrons. The number of esters is 1. The predicted octanol–water partition coefficient (Wildman–Crippen LogP) is 6.59. The van der Waals surface area contributed by atoms with E-state index in [1.54, 1.807) is 68.8 Å². The van der Waals surface area contributed by atoms with Crippen LogP contribution in [0.4, 0.5) is 5.82 Å². The van der Waals surface area contributed by atoms with Crippen LogP contribution in [-0.4, -0.2) is 75.6 Å². The first kappa shape index (κ1) is 38.0. The zero-order valence-corrected chi connectivity index (χ0v) is 31.5. The number of hydrogen-bond donors (Lipinski definition) is 2. The maximum Gasteiger partial charge on any atom is 0.338 e. The lowest BCUT2D eigenvalue weighted by molar-refractivity contribution is -0.239. The number of fused-ring (bicyclic) bond motifs is 1. The maximum absolute atomic E-state index is 13.9. The fourth-order valence-electron chi connectivity index (χ4n) is 7.18. The second kappa shape index (κ2) is 16.7. The van der Waals surface area contributed by atoms with Crippen LogP contribution in [0.5, 0.6) is 11.5 Å². The Morgan fingerprint density at radius 3 is 1.86 bits per heavy atom. The first-order valence-corrected chi connectivity index (χ1v) is 18.5. The zero-order chi connectivity index (χ0) is 40.1. The van der Waals surface area contributed by atoms with Crippen LogP contribution in [0.2, 0.25) is 0 Å². The van der Waals surface area contributed by atoms with Gasteiger partial charge in [-0.2, -0.15) is 0 Å². The number of nitrogens with one attached hydrogen (secondary N) is 1. The summed E-state index contributed by atoms with van der Waals surface area (Å²) in [5, 5.41) is 15.2. The average Bonchev–Trinajstić information content (AvgIpc) is 3.72. The molecule has 8 rings (SSSR count). The summed E-state index contributed by atoms with van der Waals surface area (Å²) in [5.74, 6) is 0.416. The number of amides is 1. The number of hydrogen-bond acceptors (Lipinski definition) is 11. The number of rotatable bonds is 12.